The zero-order valence-corrected chi connectivity index (χ0v) is 17.8. The summed E-state index contributed by atoms with van der Waals surface area (Å²) in [5.74, 6) is -4.57. The topological polar surface area (TPSA) is 94.7 Å². The van der Waals surface area contributed by atoms with Crippen molar-refractivity contribution in [2.45, 2.75) is 12.6 Å². The molecule has 0 amide bonds. The summed E-state index contributed by atoms with van der Waals surface area (Å²) in [5, 5.41) is 9.53. The van der Waals surface area contributed by atoms with Crippen LogP contribution in [0.2, 0.25) is 0 Å². The van der Waals surface area contributed by atoms with Gasteiger partial charge >= 0.3 is 5.97 Å². The van der Waals surface area contributed by atoms with E-state index in [0.29, 0.717) is 12.6 Å². The maximum Gasteiger partial charge on any atom is 0.349 e. The number of halogens is 2. The first-order valence-corrected chi connectivity index (χ1v) is 10.3. The maximum atomic E-state index is 14.4. The number of nitrogens with two attached hydrogens (primary N) is 1. The molecule has 1 heterocycles. The van der Waals surface area contributed by atoms with Gasteiger partial charge in [-0.2, -0.15) is 4.98 Å². The number of aliphatic carboxylic acids is 1. The molecule has 172 valence electrons. The van der Waals surface area contributed by atoms with Crippen molar-refractivity contribution in [3.63, 3.8) is 0 Å². The van der Waals surface area contributed by atoms with Crippen molar-refractivity contribution in [3.8, 4) is 28.6 Å². The van der Waals surface area contributed by atoms with Crippen LogP contribution in [0.5, 0.6) is 17.5 Å². The Bertz CT molecular complexity index is 1320. The van der Waals surface area contributed by atoms with E-state index < -0.39 is 35.5 Å². The van der Waals surface area contributed by atoms with Gasteiger partial charge in [-0.15, -0.1) is 0 Å². The van der Waals surface area contributed by atoms with Crippen molar-refractivity contribution in [1.29, 1.82) is 0 Å². The Kier molecular flexibility index (Phi) is 6.79. The lowest BCUT2D eigenvalue weighted by molar-refractivity contribution is -0.145. The number of pyridine rings is 1. The minimum Gasteiger partial charge on any atom is -0.478 e. The number of benzene rings is 3. The Morgan fingerprint density at radius 2 is 1.56 bits per heavy atom. The van der Waals surface area contributed by atoms with Crippen LogP contribution >= 0.6 is 0 Å². The van der Waals surface area contributed by atoms with Crippen LogP contribution in [0.4, 0.5) is 8.78 Å². The Morgan fingerprint density at radius 3 is 2.26 bits per heavy atom. The van der Waals surface area contributed by atoms with E-state index in [0.717, 1.165) is 16.7 Å². The summed E-state index contributed by atoms with van der Waals surface area (Å²) >= 11 is 0. The summed E-state index contributed by atoms with van der Waals surface area (Å²) in [4.78, 5) is 15.5. The molecule has 4 aromatic rings. The molecule has 3 N–H and O–H groups in total. The fraction of sp³-hybridized carbons (Fsp3) is 0.0769. The summed E-state index contributed by atoms with van der Waals surface area (Å²) in [6, 6.07) is 22.9. The highest BCUT2D eigenvalue weighted by Crippen LogP contribution is 2.32. The molecule has 1 unspecified atom stereocenters. The van der Waals surface area contributed by atoms with Gasteiger partial charge in [-0.25, -0.2) is 13.6 Å². The second-order valence-electron chi connectivity index (χ2n) is 7.34. The SMILES string of the molecule is NCc1cccc(-c2cccc(Oc3nc(OC(C(=O)O)c4ccccc4)c(F)cc3F)c2)c1. The lowest BCUT2D eigenvalue weighted by atomic mass is 10.0. The molecule has 6 nitrogen and oxygen atoms in total. The van der Waals surface area contributed by atoms with Gasteiger partial charge in [0.1, 0.15) is 5.75 Å². The van der Waals surface area contributed by atoms with E-state index in [-0.39, 0.29) is 11.3 Å². The number of hydrogen-bond acceptors (Lipinski definition) is 5. The predicted octanol–water partition coefficient (Wildman–Crippen LogP) is 5.48. The highest BCUT2D eigenvalue weighted by atomic mass is 19.1. The molecule has 1 aromatic heterocycles. The minimum absolute atomic E-state index is 0.248. The number of rotatable bonds is 8. The number of ether oxygens (including phenoxy) is 2. The Balaban J connectivity index is 1.62. The molecule has 0 saturated carbocycles. The van der Waals surface area contributed by atoms with E-state index in [2.05, 4.69) is 4.98 Å². The first-order valence-electron chi connectivity index (χ1n) is 10.3. The van der Waals surface area contributed by atoms with E-state index >= 15 is 0 Å². The standard InChI is InChI=1S/C26H20F2N2O4/c27-21-14-22(28)25(34-23(26(31)32)17-7-2-1-3-8-17)30-24(21)33-20-11-5-10-19(13-20)18-9-4-6-16(12-18)15-29/h1-14,23H,15,29H2,(H,31,32). The molecule has 0 saturated heterocycles. The van der Waals surface area contributed by atoms with E-state index in [9.17, 15) is 18.7 Å². The van der Waals surface area contributed by atoms with Crippen LogP contribution in [0, 0.1) is 11.6 Å². The average Bonchev–Trinajstić information content (AvgIpc) is 2.85. The molecule has 0 aliphatic carbocycles. The molecule has 0 aliphatic rings. The van der Waals surface area contributed by atoms with E-state index in [1.54, 1.807) is 36.4 Å². The van der Waals surface area contributed by atoms with Gasteiger partial charge in [-0.05, 0) is 34.9 Å². The van der Waals surface area contributed by atoms with Gasteiger partial charge in [0, 0.05) is 18.2 Å². The zero-order valence-electron chi connectivity index (χ0n) is 17.8. The molecule has 0 aliphatic heterocycles. The summed E-state index contributed by atoms with van der Waals surface area (Å²) in [6.07, 6.45) is -1.54. The second kappa shape index (κ2) is 10.1. The molecule has 0 radical (unpaired) electrons. The van der Waals surface area contributed by atoms with Gasteiger partial charge in [0.25, 0.3) is 11.8 Å². The van der Waals surface area contributed by atoms with E-state index in [1.165, 1.54) is 12.1 Å². The molecule has 34 heavy (non-hydrogen) atoms. The largest absolute Gasteiger partial charge is 0.478 e. The molecule has 0 fully saturated rings. The smallest absolute Gasteiger partial charge is 0.349 e. The molecule has 0 spiro atoms. The van der Waals surface area contributed by atoms with Crippen LogP contribution in [0.25, 0.3) is 11.1 Å². The summed E-state index contributed by atoms with van der Waals surface area (Å²) in [6.45, 7) is 0.387. The molecule has 1 atom stereocenters. The summed E-state index contributed by atoms with van der Waals surface area (Å²) in [5.41, 5.74) is 8.61. The van der Waals surface area contributed by atoms with E-state index in [1.807, 2.05) is 30.3 Å². The van der Waals surface area contributed by atoms with Gasteiger partial charge in [-0.3, -0.25) is 0 Å². The van der Waals surface area contributed by atoms with Gasteiger partial charge in [0.2, 0.25) is 6.10 Å². The van der Waals surface area contributed by atoms with E-state index in [4.69, 9.17) is 15.2 Å². The van der Waals surface area contributed by atoms with Crippen molar-refractivity contribution < 1.29 is 28.2 Å². The fourth-order valence-electron chi connectivity index (χ4n) is 3.32. The molecule has 8 heteroatoms. The summed E-state index contributed by atoms with van der Waals surface area (Å²) in [7, 11) is 0. The highest BCUT2D eigenvalue weighted by Gasteiger charge is 2.25. The van der Waals surface area contributed by atoms with Crippen molar-refractivity contribution in [2.24, 2.45) is 5.73 Å². The number of carbonyl (C=O) groups is 1. The first kappa shape index (κ1) is 22.9. The van der Waals surface area contributed by atoms with Crippen LogP contribution in [0.15, 0.2) is 84.9 Å². The van der Waals surface area contributed by atoms with Gasteiger partial charge < -0.3 is 20.3 Å². The van der Waals surface area contributed by atoms with Gasteiger partial charge in [0.05, 0.1) is 0 Å². The predicted molar refractivity (Wildman–Crippen MR) is 121 cm³/mol. The van der Waals surface area contributed by atoms with Crippen LogP contribution in [-0.2, 0) is 11.3 Å². The minimum atomic E-state index is -1.54. The van der Waals surface area contributed by atoms with Crippen LogP contribution in [0.1, 0.15) is 17.2 Å². The molecular weight excluding hydrogens is 442 g/mol. The van der Waals surface area contributed by atoms with Crippen molar-refractivity contribution >= 4 is 5.97 Å². The second-order valence-corrected chi connectivity index (χ2v) is 7.34. The Hall–Kier alpha value is -4.30. The van der Waals surface area contributed by atoms with Crippen molar-refractivity contribution in [2.75, 3.05) is 0 Å². The van der Waals surface area contributed by atoms with Crippen LogP contribution in [0.3, 0.4) is 0 Å². The average molecular weight is 462 g/mol. The number of carboxylic acids is 1. The highest BCUT2D eigenvalue weighted by molar-refractivity contribution is 5.74. The summed E-state index contributed by atoms with van der Waals surface area (Å²) < 4.78 is 39.7. The number of aromatic nitrogens is 1. The maximum absolute atomic E-state index is 14.4. The quantitative estimate of drug-likeness (QED) is 0.360. The number of hydrogen-bond donors (Lipinski definition) is 2. The fourth-order valence-corrected chi connectivity index (χ4v) is 3.32. The normalized spacial score (nSPS) is 11.6. The van der Waals surface area contributed by atoms with Crippen molar-refractivity contribution in [1.82, 2.24) is 4.98 Å². The zero-order chi connectivity index (χ0) is 24.1. The van der Waals surface area contributed by atoms with Crippen LogP contribution < -0.4 is 15.2 Å². The van der Waals surface area contributed by atoms with Gasteiger partial charge in [0.15, 0.2) is 11.6 Å². The Morgan fingerprint density at radius 1 is 0.882 bits per heavy atom. The lowest BCUT2D eigenvalue weighted by Crippen LogP contribution is -2.19. The molecule has 0 bridgehead atoms. The first-order chi connectivity index (χ1) is 16.4. The third kappa shape index (κ3) is 5.19. The number of carboxylic acid groups (broad SMARTS) is 1. The molecule has 3 aromatic carbocycles. The van der Waals surface area contributed by atoms with Gasteiger partial charge in [-0.1, -0.05) is 60.7 Å². The molecular formula is C26H20F2N2O4. The lowest BCUT2D eigenvalue weighted by Gasteiger charge is -2.16. The monoisotopic (exact) mass is 462 g/mol. The van der Waals surface area contributed by atoms with Crippen LogP contribution in [-0.4, -0.2) is 16.1 Å². The third-order valence-corrected chi connectivity index (χ3v) is 4.97. The Labute approximate surface area is 194 Å². The third-order valence-electron chi connectivity index (χ3n) is 4.97. The van der Waals surface area contributed by atoms with Crippen molar-refractivity contribution in [3.05, 3.63) is 108 Å². The molecule has 4 rings (SSSR count). The number of nitrogens with zero attached hydrogens (tertiary/aromatic N) is 1.